The maximum absolute atomic E-state index is 12.2. The van der Waals surface area contributed by atoms with Gasteiger partial charge < -0.3 is 15.2 Å². The van der Waals surface area contributed by atoms with E-state index in [1.807, 2.05) is 32.0 Å². The molecule has 0 radical (unpaired) electrons. The van der Waals surface area contributed by atoms with E-state index in [4.69, 9.17) is 9.84 Å². The number of nitrogens with one attached hydrogen (secondary N) is 1. The Hall–Kier alpha value is -2.93. The first-order chi connectivity index (χ1) is 11.8. The van der Waals surface area contributed by atoms with E-state index >= 15 is 0 Å². The van der Waals surface area contributed by atoms with Crippen LogP contribution in [0.1, 0.15) is 21.5 Å². The average Bonchev–Trinajstić information content (AvgIpc) is 2.98. The molecule has 2 N–H and O–H groups in total. The maximum atomic E-state index is 12.2. The van der Waals surface area contributed by atoms with E-state index in [0.29, 0.717) is 10.6 Å². The van der Waals surface area contributed by atoms with Crippen molar-refractivity contribution in [2.75, 3.05) is 12.4 Å². The number of carboxylic acid groups (broad SMARTS) is 1. The van der Waals surface area contributed by atoms with Crippen molar-refractivity contribution in [3.05, 3.63) is 52.4 Å². The Balaban J connectivity index is 2.44. The summed E-state index contributed by atoms with van der Waals surface area (Å²) in [5.74, 6) is -2.45. The van der Waals surface area contributed by atoms with E-state index in [9.17, 15) is 14.4 Å². The summed E-state index contributed by atoms with van der Waals surface area (Å²) in [6.07, 6.45) is 1.61. The van der Waals surface area contributed by atoms with E-state index in [2.05, 4.69) is 5.32 Å². The number of hydrogen-bond acceptors (Lipinski definition) is 5. The van der Waals surface area contributed by atoms with E-state index < -0.39 is 17.8 Å². The predicted octanol–water partition coefficient (Wildman–Crippen LogP) is 3.40. The molecule has 1 aromatic heterocycles. The Morgan fingerprint density at radius 1 is 1.16 bits per heavy atom. The number of esters is 1. The van der Waals surface area contributed by atoms with Crippen LogP contribution < -0.4 is 5.32 Å². The van der Waals surface area contributed by atoms with E-state index in [1.165, 1.54) is 18.4 Å². The average molecular weight is 359 g/mol. The summed E-state index contributed by atoms with van der Waals surface area (Å²) in [5.41, 5.74) is 3.94. The van der Waals surface area contributed by atoms with Crippen LogP contribution in [0.4, 0.5) is 5.00 Å². The van der Waals surface area contributed by atoms with Crippen molar-refractivity contribution in [2.24, 2.45) is 0 Å². The Labute approximate surface area is 148 Å². The highest BCUT2D eigenvalue weighted by Crippen LogP contribution is 2.36. The van der Waals surface area contributed by atoms with Crippen LogP contribution in [0.2, 0.25) is 0 Å². The maximum Gasteiger partial charge on any atom is 0.341 e. The van der Waals surface area contributed by atoms with E-state index in [1.54, 1.807) is 5.38 Å². The van der Waals surface area contributed by atoms with Crippen LogP contribution in [-0.2, 0) is 14.3 Å². The van der Waals surface area contributed by atoms with Gasteiger partial charge in [0.05, 0.1) is 7.11 Å². The molecule has 0 saturated heterocycles. The SMILES string of the molecule is COC(=O)c1c(-c2ccc(C)c(C)c2)csc1NC(=O)/C=C/C(=O)O. The molecule has 2 aromatic rings. The van der Waals surface area contributed by atoms with Gasteiger partial charge >= 0.3 is 11.9 Å². The first kappa shape index (κ1) is 18.4. The predicted molar refractivity (Wildman–Crippen MR) is 96.0 cm³/mol. The fraction of sp³-hybridized carbons (Fsp3) is 0.167. The monoisotopic (exact) mass is 359 g/mol. The Bertz CT molecular complexity index is 866. The molecular weight excluding hydrogens is 342 g/mol. The molecule has 6 nitrogen and oxygen atoms in total. The van der Waals surface area contributed by atoms with Crippen LogP contribution in [0.25, 0.3) is 11.1 Å². The van der Waals surface area contributed by atoms with Crippen molar-refractivity contribution < 1.29 is 24.2 Å². The van der Waals surface area contributed by atoms with E-state index in [0.717, 1.165) is 28.8 Å². The number of aliphatic carboxylic acids is 1. The summed E-state index contributed by atoms with van der Waals surface area (Å²) in [6, 6.07) is 5.81. The molecule has 0 bridgehead atoms. The number of ether oxygens (including phenoxy) is 1. The highest BCUT2D eigenvalue weighted by molar-refractivity contribution is 7.15. The van der Waals surface area contributed by atoms with Gasteiger partial charge in [-0.25, -0.2) is 9.59 Å². The van der Waals surface area contributed by atoms with Crippen LogP contribution in [-0.4, -0.2) is 30.1 Å². The second kappa shape index (κ2) is 7.76. The minimum atomic E-state index is -1.23. The van der Waals surface area contributed by atoms with Gasteiger partial charge in [-0.1, -0.05) is 18.2 Å². The molecular formula is C18H17NO5S. The lowest BCUT2D eigenvalue weighted by Gasteiger charge is -2.08. The summed E-state index contributed by atoms with van der Waals surface area (Å²) in [4.78, 5) is 34.5. The zero-order valence-electron chi connectivity index (χ0n) is 14.0. The van der Waals surface area contributed by atoms with Crippen molar-refractivity contribution in [1.82, 2.24) is 0 Å². The molecule has 1 amide bonds. The van der Waals surface area contributed by atoms with Crippen molar-refractivity contribution in [3.8, 4) is 11.1 Å². The third-order valence-electron chi connectivity index (χ3n) is 3.61. The molecule has 7 heteroatoms. The van der Waals surface area contributed by atoms with Crippen molar-refractivity contribution >= 4 is 34.2 Å². The Kier molecular flexibility index (Phi) is 5.71. The summed E-state index contributed by atoms with van der Waals surface area (Å²) >= 11 is 1.17. The lowest BCUT2D eigenvalue weighted by Crippen LogP contribution is -2.12. The van der Waals surface area contributed by atoms with Gasteiger partial charge in [0, 0.05) is 23.1 Å². The minimum absolute atomic E-state index is 0.243. The number of carbonyl (C=O) groups is 3. The third kappa shape index (κ3) is 4.33. The molecule has 0 aliphatic rings. The number of carboxylic acids is 1. The van der Waals surface area contributed by atoms with Crippen molar-refractivity contribution in [1.29, 1.82) is 0 Å². The topological polar surface area (TPSA) is 92.7 Å². The summed E-state index contributed by atoms with van der Waals surface area (Å²) in [6.45, 7) is 3.97. The molecule has 2 rings (SSSR count). The largest absolute Gasteiger partial charge is 0.478 e. The fourth-order valence-electron chi connectivity index (χ4n) is 2.18. The molecule has 130 valence electrons. The highest BCUT2D eigenvalue weighted by Gasteiger charge is 2.22. The lowest BCUT2D eigenvalue weighted by molar-refractivity contribution is -0.131. The van der Waals surface area contributed by atoms with Gasteiger partial charge in [-0.05, 0) is 30.5 Å². The number of carbonyl (C=O) groups excluding carboxylic acids is 2. The fourth-order valence-corrected chi connectivity index (χ4v) is 3.14. The number of rotatable bonds is 5. The number of amides is 1. The minimum Gasteiger partial charge on any atom is -0.478 e. The van der Waals surface area contributed by atoms with E-state index in [-0.39, 0.29) is 5.56 Å². The number of hydrogen-bond donors (Lipinski definition) is 2. The molecule has 0 atom stereocenters. The molecule has 0 aliphatic heterocycles. The van der Waals surface area contributed by atoms with Gasteiger partial charge in [-0.3, -0.25) is 4.79 Å². The molecule has 25 heavy (non-hydrogen) atoms. The van der Waals surface area contributed by atoms with Gasteiger partial charge in [-0.15, -0.1) is 11.3 Å². The standard InChI is InChI=1S/C18H17NO5S/c1-10-4-5-12(8-11(10)2)13-9-25-17(16(13)18(23)24-3)19-14(20)6-7-15(21)22/h4-9H,1-3H3,(H,19,20)(H,21,22)/b7-6+. The summed E-state index contributed by atoms with van der Waals surface area (Å²) in [7, 11) is 1.26. The zero-order chi connectivity index (χ0) is 18.6. The smallest absolute Gasteiger partial charge is 0.341 e. The zero-order valence-corrected chi connectivity index (χ0v) is 14.8. The summed E-state index contributed by atoms with van der Waals surface area (Å²) in [5, 5.41) is 13.2. The lowest BCUT2D eigenvalue weighted by atomic mass is 9.99. The number of methoxy groups -OCH3 is 1. The van der Waals surface area contributed by atoms with Crippen LogP contribution in [0.15, 0.2) is 35.7 Å². The number of benzene rings is 1. The second-order valence-corrected chi connectivity index (χ2v) is 6.18. The van der Waals surface area contributed by atoms with Gasteiger partial charge in [0.1, 0.15) is 10.6 Å². The summed E-state index contributed by atoms with van der Waals surface area (Å²) < 4.78 is 4.84. The normalized spacial score (nSPS) is 10.7. The van der Waals surface area contributed by atoms with Gasteiger partial charge in [0.2, 0.25) is 5.91 Å². The number of anilines is 1. The Morgan fingerprint density at radius 2 is 1.88 bits per heavy atom. The Morgan fingerprint density at radius 3 is 2.48 bits per heavy atom. The first-order valence-corrected chi connectivity index (χ1v) is 8.21. The van der Waals surface area contributed by atoms with Crippen LogP contribution in [0.5, 0.6) is 0 Å². The first-order valence-electron chi connectivity index (χ1n) is 7.33. The van der Waals surface area contributed by atoms with Crippen LogP contribution >= 0.6 is 11.3 Å². The number of thiophene rings is 1. The molecule has 0 unspecified atom stereocenters. The van der Waals surface area contributed by atoms with Gasteiger partial charge in [-0.2, -0.15) is 0 Å². The quantitative estimate of drug-likeness (QED) is 0.630. The molecule has 0 spiro atoms. The van der Waals surface area contributed by atoms with Gasteiger partial charge in [0.25, 0.3) is 0 Å². The van der Waals surface area contributed by atoms with Crippen LogP contribution in [0.3, 0.4) is 0 Å². The third-order valence-corrected chi connectivity index (χ3v) is 4.51. The molecule has 0 fully saturated rings. The van der Waals surface area contributed by atoms with Crippen molar-refractivity contribution in [3.63, 3.8) is 0 Å². The highest BCUT2D eigenvalue weighted by atomic mass is 32.1. The van der Waals surface area contributed by atoms with Crippen LogP contribution in [0, 0.1) is 13.8 Å². The second-order valence-electron chi connectivity index (χ2n) is 5.30. The van der Waals surface area contributed by atoms with Crippen molar-refractivity contribution in [2.45, 2.75) is 13.8 Å². The van der Waals surface area contributed by atoms with Gasteiger partial charge in [0.15, 0.2) is 0 Å². The molecule has 1 aromatic carbocycles. The number of aryl methyl sites for hydroxylation is 2. The molecule has 0 aliphatic carbocycles. The molecule has 1 heterocycles. The molecule has 0 saturated carbocycles.